The van der Waals surface area contributed by atoms with Crippen LogP contribution in [0.5, 0.6) is 0 Å². The van der Waals surface area contributed by atoms with Crippen LogP contribution in [0.3, 0.4) is 0 Å². The normalized spacial score (nSPS) is 13.4. The second-order valence-corrected chi connectivity index (χ2v) is 4.56. The summed E-state index contributed by atoms with van der Waals surface area (Å²) in [4.78, 5) is 4.02. The fourth-order valence-corrected chi connectivity index (χ4v) is 2.00. The Morgan fingerprint density at radius 1 is 1.38 bits per heavy atom. The summed E-state index contributed by atoms with van der Waals surface area (Å²) in [7, 11) is 1.69. The quantitative estimate of drug-likeness (QED) is 0.447. The molecule has 0 bridgehead atoms. The molecule has 0 aliphatic heterocycles. The molecule has 1 heterocycles. The Morgan fingerprint density at radius 2 is 2.10 bits per heavy atom. The van der Waals surface area contributed by atoms with Crippen molar-refractivity contribution in [1.82, 2.24) is 20.2 Å². The summed E-state index contributed by atoms with van der Waals surface area (Å²) in [5, 5.41) is 3.90. The Labute approximate surface area is 118 Å². The van der Waals surface area contributed by atoms with Crippen molar-refractivity contribution in [2.24, 2.45) is 12.9 Å². The van der Waals surface area contributed by atoms with E-state index in [0.29, 0.717) is 5.82 Å². The highest BCUT2D eigenvalue weighted by atomic mass is 19.4. The summed E-state index contributed by atoms with van der Waals surface area (Å²) in [5.74, 6) is 6.03. The Kier molecular flexibility index (Phi) is 4.14. The molecule has 9 heteroatoms. The number of nitrogens with two attached hydrogens (primary N) is 2. The molecule has 5 N–H and O–H groups in total. The summed E-state index contributed by atoms with van der Waals surface area (Å²) in [6.45, 7) is 0. The fraction of sp³-hybridized carbons (Fsp3) is 0.333. The number of rotatable bonds is 4. The monoisotopic (exact) mass is 300 g/mol. The van der Waals surface area contributed by atoms with Crippen molar-refractivity contribution in [2.75, 3.05) is 5.73 Å². The Balaban J connectivity index is 2.35. The van der Waals surface area contributed by atoms with Gasteiger partial charge in [0.25, 0.3) is 0 Å². The Morgan fingerprint density at radius 3 is 2.62 bits per heavy atom. The van der Waals surface area contributed by atoms with Crippen molar-refractivity contribution < 1.29 is 13.2 Å². The van der Waals surface area contributed by atoms with E-state index in [1.807, 2.05) is 0 Å². The number of nitrogens with one attached hydrogen (secondary N) is 1. The second-order valence-electron chi connectivity index (χ2n) is 4.56. The average molecular weight is 300 g/mol. The first kappa shape index (κ1) is 15.3. The van der Waals surface area contributed by atoms with Crippen molar-refractivity contribution in [3.05, 3.63) is 41.5 Å². The number of alkyl halides is 3. The van der Waals surface area contributed by atoms with Gasteiger partial charge in [0.1, 0.15) is 12.2 Å². The van der Waals surface area contributed by atoms with Crippen LogP contribution < -0.4 is 17.0 Å². The lowest BCUT2D eigenvalue weighted by Gasteiger charge is -2.19. The molecule has 1 aromatic heterocycles. The van der Waals surface area contributed by atoms with E-state index in [1.165, 1.54) is 17.1 Å². The number of aromatic nitrogens is 3. The molecular weight excluding hydrogens is 285 g/mol. The highest BCUT2D eigenvalue weighted by Crippen LogP contribution is 2.33. The van der Waals surface area contributed by atoms with Crippen LogP contribution in [0.4, 0.5) is 18.9 Å². The molecule has 21 heavy (non-hydrogen) atoms. The van der Waals surface area contributed by atoms with Gasteiger partial charge in [-0.2, -0.15) is 18.3 Å². The molecule has 6 nitrogen and oxygen atoms in total. The molecule has 0 amide bonds. The third-order valence-electron chi connectivity index (χ3n) is 3.18. The third-order valence-corrected chi connectivity index (χ3v) is 3.18. The summed E-state index contributed by atoms with van der Waals surface area (Å²) in [5.41, 5.74) is 7.98. The van der Waals surface area contributed by atoms with Gasteiger partial charge in [0.15, 0.2) is 0 Å². The van der Waals surface area contributed by atoms with Gasteiger partial charge in [0, 0.05) is 19.2 Å². The van der Waals surface area contributed by atoms with Crippen LogP contribution in [0, 0.1) is 0 Å². The number of hydrogen-bond acceptors (Lipinski definition) is 5. The molecule has 1 unspecified atom stereocenters. The third kappa shape index (κ3) is 3.31. The SMILES string of the molecule is Cn1ncnc1CC(NN)c1cc(C(F)(F)F)ccc1N. The highest BCUT2D eigenvalue weighted by molar-refractivity contribution is 5.51. The van der Waals surface area contributed by atoms with E-state index < -0.39 is 17.8 Å². The maximum Gasteiger partial charge on any atom is 0.416 e. The maximum absolute atomic E-state index is 12.8. The molecule has 1 aromatic carbocycles. The van der Waals surface area contributed by atoms with Gasteiger partial charge in [-0.05, 0) is 23.8 Å². The van der Waals surface area contributed by atoms with Crippen LogP contribution in [0.1, 0.15) is 23.0 Å². The minimum Gasteiger partial charge on any atom is -0.398 e. The molecule has 0 spiro atoms. The van der Waals surface area contributed by atoms with E-state index in [1.54, 1.807) is 7.05 Å². The lowest BCUT2D eigenvalue weighted by Crippen LogP contribution is -2.31. The van der Waals surface area contributed by atoms with E-state index >= 15 is 0 Å². The predicted molar refractivity (Wildman–Crippen MR) is 70.6 cm³/mol. The molecule has 1 atom stereocenters. The van der Waals surface area contributed by atoms with E-state index in [2.05, 4.69) is 15.5 Å². The maximum atomic E-state index is 12.8. The van der Waals surface area contributed by atoms with Crippen LogP contribution in [-0.4, -0.2) is 14.8 Å². The molecule has 0 saturated heterocycles. The first-order valence-electron chi connectivity index (χ1n) is 6.08. The van der Waals surface area contributed by atoms with Gasteiger partial charge < -0.3 is 5.73 Å². The number of aryl methyl sites for hydroxylation is 1. The van der Waals surface area contributed by atoms with Gasteiger partial charge in [-0.25, -0.2) is 4.98 Å². The van der Waals surface area contributed by atoms with Crippen molar-refractivity contribution in [3.8, 4) is 0 Å². The molecule has 0 saturated carbocycles. The number of nitrogens with zero attached hydrogens (tertiary/aromatic N) is 3. The fourth-order valence-electron chi connectivity index (χ4n) is 2.00. The van der Waals surface area contributed by atoms with Gasteiger partial charge in [0.05, 0.1) is 11.6 Å². The zero-order chi connectivity index (χ0) is 15.6. The molecular formula is C12H15F3N6. The van der Waals surface area contributed by atoms with Crippen molar-refractivity contribution in [3.63, 3.8) is 0 Å². The second kappa shape index (κ2) is 5.70. The van der Waals surface area contributed by atoms with Gasteiger partial charge in [0.2, 0.25) is 0 Å². The summed E-state index contributed by atoms with van der Waals surface area (Å²) in [6.07, 6.45) is -2.82. The number of nitrogen functional groups attached to an aromatic ring is 1. The Hall–Kier alpha value is -2.13. The van der Waals surface area contributed by atoms with E-state index in [-0.39, 0.29) is 17.7 Å². The number of hydrazine groups is 1. The standard InChI is InChI=1S/C12H15F3N6/c1-21-11(18-6-19-21)5-10(20-17)8-4-7(12(13,14)15)2-3-9(8)16/h2-4,6,10,20H,5,16-17H2,1H3. The zero-order valence-electron chi connectivity index (χ0n) is 11.2. The van der Waals surface area contributed by atoms with Crippen molar-refractivity contribution >= 4 is 5.69 Å². The van der Waals surface area contributed by atoms with Gasteiger partial charge in [-0.1, -0.05) is 0 Å². The van der Waals surface area contributed by atoms with Crippen molar-refractivity contribution in [2.45, 2.75) is 18.6 Å². The first-order chi connectivity index (χ1) is 9.82. The zero-order valence-corrected chi connectivity index (χ0v) is 11.2. The smallest absolute Gasteiger partial charge is 0.398 e. The van der Waals surface area contributed by atoms with E-state index in [9.17, 15) is 13.2 Å². The Bertz CT molecular complexity index is 622. The first-order valence-corrected chi connectivity index (χ1v) is 6.08. The number of hydrogen-bond donors (Lipinski definition) is 3. The minimum absolute atomic E-state index is 0.230. The van der Waals surface area contributed by atoms with Crippen LogP contribution in [-0.2, 0) is 19.6 Å². The van der Waals surface area contributed by atoms with Gasteiger partial charge >= 0.3 is 6.18 Å². The molecule has 114 valence electrons. The molecule has 0 fully saturated rings. The summed E-state index contributed by atoms with van der Waals surface area (Å²) in [6, 6.07) is 2.56. The van der Waals surface area contributed by atoms with Crippen LogP contribution in [0.25, 0.3) is 0 Å². The highest BCUT2D eigenvalue weighted by Gasteiger charge is 2.31. The van der Waals surface area contributed by atoms with Crippen LogP contribution in [0.15, 0.2) is 24.5 Å². The molecule has 0 aliphatic rings. The van der Waals surface area contributed by atoms with Gasteiger partial charge in [-0.15, -0.1) is 0 Å². The lowest BCUT2D eigenvalue weighted by molar-refractivity contribution is -0.137. The molecule has 0 aliphatic carbocycles. The van der Waals surface area contributed by atoms with E-state index in [4.69, 9.17) is 11.6 Å². The molecule has 2 aromatic rings. The lowest BCUT2D eigenvalue weighted by atomic mass is 9.99. The summed E-state index contributed by atoms with van der Waals surface area (Å²) >= 11 is 0. The number of anilines is 1. The van der Waals surface area contributed by atoms with Crippen LogP contribution in [0.2, 0.25) is 0 Å². The van der Waals surface area contributed by atoms with E-state index in [0.717, 1.165) is 12.1 Å². The van der Waals surface area contributed by atoms with Crippen molar-refractivity contribution in [1.29, 1.82) is 0 Å². The number of halogens is 3. The summed E-state index contributed by atoms with van der Waals surface area (Å²) < 4.78 is 39.9. The minimum atomic E-state index is -4.44. The average Bonchev–Trinajstić information content (AvgIpc) is 2.81. The predicted octanol–water partition coefficient (Wildman–Crippen LogP) is 1.16. The largest absolute Gasteiger partial charge is 0.416 e. The molecule has 0 radical (unpaired) electrons. The molecule has 2 rings (SSSR count). The van der Waals surface area contributed by atoms with Gasteiger partial charge in [-0.3, -0.25) is 16.0 Å². The van der Waals surface area contributed by atoms with Crippen LogP contribution >= 0.6 is 0 Å². The topological polar surface area (TPSA) is 94.8 Å². The number of benzene rings is 1.